The van der Waals surface area contributed by atoms with Gasteiger partial charge in [-0.2, -0.15) is 0 Å². The SMILES string of the molecule is CCCCCCCCCCCCCCCCCCc1n(CCCCCCCCCCCCCC)cc[n+]1CCCCCCCCCCCCCCCC. The van der Waals surface area contributed by atoms with Crippen LogP contribution >= 0.6 is 0 Å². The van der Waals surface area contributed by atoms with Gasteiger partial charge in [-0.3, -0.25) is 0 Å². The average molecular weight is 742 g/mol. The fourth-order valence-electron chi connectivity index (χ4n) is 8.62. The van der Waals surface area contributed by atoms with Crippen LogP contribution in [0.25, 0.3) is 0 Å². The number of aryl methyl sites for hydroxylation is 2. The molecule has 0 bridgehead atoms. The fraction of sp³-hybridized carbons (Fsp3) is 0.941. The molecule has 0 aliphatic heterocycles. The molecule has 1 aromatic rings. The molecule has 2 heteroatoms. The smallest absolute Gasteiger partial charge is 0.234 e. The van der Waals surface area contributed by atoms with Gasteiger partial charge >= 0.3 is 0 Å². The lowest BCUT2D eigenvalue weighted by molar-refractivity contribution is -0.704. The Morgan fingerprint density at radius 3 is 0.906 bits per heavy atom. The molecule has 1 rings (SSSR count). The average Bonchev–Trinajstić information content (AvgIpc) is 3.55. The standard InChI is InChI=1S/C51H101N2/c1-4-7-10-13-16-19-22-25-27-28-29-31-34-37-40-43-46-51-52(47-44-41-38-35-32-24-21-18-15-12-9-6-3)49-50-53(51)48-45-42-39-36-33-30-26-23-20-17-14-11-8-5-2/h49-50H,4-48H2,1-3H3/q+1. The lowest BCUT2D eigenvalue weighted by Gasteiger charge is -2.07. The van der Waals surface area contributed by atoms with E-state index in [-0.39, 0.29) is 0 Å². The van der Waals surface area contributed by atoms with E-state index < -0.39 is 0 Å². The van der Waals surface area contributed by atoms with Crippen LogP contribution in [0.1, 0.15) is 296 Å². The minimum absolute atomic E-state index is 1.23. The van der Waals surface area contributed by atoms with Gasteiger partial charge in [-0.25, -0.2) is 9.13 Å². The van der Waals surface area contributed by atoms with Gasteiger partial charge in [0.1, 0.15) is 12.4 Å². The first kappa shape index (κ1) is 50.2. The molecule has 0 fully saturated rings. The number of unbranched alkanes of at least 4 members (excludes halogenated alkanes) is 39. The summed E-state index contributed by atoms with van der Waals surface area (Å²) in [7, 11) is 0. The lowest BCUT2D eigenvalue weighted by atomic mass is 10.0. The highest BCUT2D eigenvalue weighted by atomic mass is 15.1. The summed E-state index contributed by atoms with van der Waals surface area (Å²) in [6, 6.07) is 0. The maximum Gasteiger partial charge on any atom is 0.256 e. The summed E-state index contributed by atoms with van der Waals surface area (Å²) in [5.41, 5.74) is 0. The van der Waals surface area contributed by atoms with E-state index in [0.717, 1.165) is 0 Å². The van der Waals surface area contributed by atoms with E-state index in [1.54, 1.807) is 5.82 Å². The van der Waals surface area contributed by atoms with Crippen LogP contribution in [0, 0.1) is 0 Å². The third kappa shape index (κ3) is 34.2. The van der Waals surface area contributed by atoms with Crippen molar-refractivity contribution in [3.8, 4) is 0 Å². The van der Waals surface area contributed by atoms with Crippen molar-refractivity contribution in [3.05, 3.63) is 18.2 Å². The maximum absolute atomic E-state index is 2.66. The van der Waals surface area contributed by atoms with E-state index in [9.17, 15) is 0 Å². The van der Waals surface area contributed by atoms with Crippen molar-refractivity contribution in [1.82, 2.24) is 4.57 Å². The van der Waals surface area contributed by atoms with Crippen LogP contribution in [0.5, 0.6) is 0 Å². The highest BCUT2D eigenvalue weighted by molar-refractivity contribution is 4.84. The number of imidazole rings is 1. The number of hydrogen-bond donors (Lipinski definition) is 0. The molecule has 314 valence electrons. The summed E-state index contributed by atoms with van der Waals surface area (Å²) >= 11 is 0. The number of hydrogen-bond acceptors (Lipinski definition) is 0. The van der Waals surface area contributed by atoms with Gasteiger partial charge in [-0.05, 0) is 32.1 Å². The largest absolute Gasteiger partial charge is 0.256 e. The minimum Gasteiger partial charge on any atom is -0.234 e. The molecular formula is C51H101N2+. The van der Waals surface area contributed by atoms with E-state index in [1.165, 1.54) is 289 Å². The van der Waals surface area contributed by atoms with E-state index in [4.69, 9.17) is 0 Å². The molecule has 0 saturated carbocycles. The predicted molar refractivity (Wildman–Crippen MR) is 239 cm³/mol. The van der Waals surface area contributed by atoms with Crippen molar-refractivity contribution in [2.75, 3.05) is 0 Å². The van der Waals surface area contributed by atoms with Crippen molar-refractivity contribution < 1.29 is 4.57 Å². The Hall–Kier alpha value is -0.790. The summed E-state index contributed by atoms with van der Waals surface area (Å²) in [6.07, 6.45) is 66.8. The van der Waals surface area contributed by atoms with E-state index in [2.05, 4.69) is 42.3 Å². The Morgan fingerprint density at radius 2 is 0.585 bits per heavy atom. The number of rotatable bonds is 45. The molecule has 1 heterocycles. The van der Waals surface area contributed by atoms with Crippen LogP contribution in [-0.2, 0) is 19.5 Å². The predicted octanol–water partition coefficient (Wildman–Crippen LogP) is 17.8. The normalized spacial score (nSPS) is 11.7. The summed E-state index contributed by atoms with van der Waals surface area (Å²) in [5, 5.41) is 0. The molecule has 0 atom stereocenters. The molecule has 53 heavy (non-hydrogen) atoms. The second-order valence-electron chi connectivity index (χ2n) is 17.6. The Bertz CT molecular complexity index is 811. The molecule has 0 saturated heterocycles. The zero-order valence-electron chi connectivity index (χ0n) is 37.4. The van der Waals surface area contributed by atoms with Gasteiger partial charge in [0.05, 0.1) is 13.1 Å². The van der Waals surface area contributed by atoms with E-state index in [1.807, 2.05) is 0 Å². The summed E-state index contributed by atoms with van der Waals surface area (Å²) < 4.78 is 5.32. The third-order valence-corrected chi connectivity index (χ3v) is 12.3. The van der Waals surface area contributed by atoms with Gasteiger partial charge in [0.2, 0.25) is 0 Å². The summed E-state index contributed by atoms with van der Waals surface area (Å²) in [4.78, 5) is 0. The van der Waals surface area contributed by atoms with Crippen molar-refractivity contribution in [1.29, 1.82) is 0 Å². The zero-order valence-corrected chi connectivity index (χ0v) is 37.4. The molecule has 0 amide bonds. The first-order valence-corrected chi connectivity index (χ1v) is 25.4. The molecule has 0 aliphatic carbocycles. The van der Waals surface area contributed by atoms with Gasteiger partial charge < -0.3 is 0 Å². The second kappa shape index (κ2) is 42.4. The Balaban J connectivity index is 2.25. The molecule has 1 aromatic heterocycles. The summed E-state index contributed by atoms with van der Waals surface area (Å²) in [5.74, 6) is 1.63. The van der Waals surface area contributed by atoms with Gasteiger partial charge in [0, 0.05) is 6.42 Å². The van der Waals surface area contributed by atoms with Crippen molar-refractivity contribution in [3.63, 3.8) is 0 Å². The first-order valence-electron chi connectivity index (χ1n) is 25.4. The van der Waals surface area contributed by atoms with E-state index >= 15 is 0 Å². The Labute approximate surface area is 336 Å². The number of aromatic nitrogens is 2. The Kier molecular flexibility index (Phi) is 40.1. The van der Waals surface area contributed by atoms with Gasteiger partial charge in [-0.15, -0.1) is 0 Å². The second-order valence-corrected chi connectivity index (χ2v) is 17.6. The van der Waals surface area contributed by atoms with Crippen molar-refractivity contribution in [2.24, 2.45) is 0 Å². The molecular weight excluding hydrogens is 641 g/mol. The summed E-state index contributed by atoms with van der Waals surface area (Å²) in [6.45, 7) is 9.42. The van der Waals surface area contributed by atoms with Crippen LogP contribution in [0.15, 0.2) is 12.4 Å². The van der Waals surface area contributed by atoms with Crippen molar-refractivity contribution >= 4 is 0 Å². The molecule has 2 nitrogen and oxygen atoms in total. The van der Waals surface area contributed by atoms with Gasteiger partial charge in [0.25, 0.3) is 5.82 Å². The number of nitrogens with zero attached hydrogens (tertiary/aromatic N) is 2. The van der Waals surface area contributed by atoms with Crippen LogP contribution in [0.2, 0.25) is 0 Å². The van der Waals surface area contributed by atoms with E-state index in [0.29, 0.717) is 0 Å². The van der Waals surface area contributed by atoms with Crippen LogP contribution in [-0.4, -0.2) is 4.57 Å². The molecule has 0 spiro atoms. The molecule has 0 unspecified atom stereocenters. The molecule has 0 N–H and O–H groups in total. The van der Waals surface area contributed by atoms with Crippen molar-refractivity contribution in [2.45, 2.75) is 310 Å². The van der Waals surface area contributed by atoms with Crippen LogP contribution in [0.4, 0.5) is 0 Å². The minimum atomic E-state index is 1.23. The quantitative estimate of drug-likeness (QED) is 0.0465. The Morgan fingerprint density at radius 1 is 0.321 bits per heavy atom. The van der Waals surface area contributed by atoms with Crippen LogP contribution in [0.3, 0.4) is 0 Å². The highest BCUT2D eigenvalue weighted by Gasteiger charge is 2.16. The fourth-order valence-corrected chi connectivity index (χ4v) is 8.62. The maximum atomic E-state index is 2.66. The first-order chi connectivity index (χ1) is 26.3. The molecule has 0 aromatic carbocycles. The lowest BCUT2D eigenvalue weighted by Crippen LogP contribution is -2.37. The zero-order chi connectivity index (χ0) is 38.0. The highest BCUT2D eigenvalue weighted by Crippen LogP contribution is 2.17. The monoisotopic (exact) mass is 742 g/mol. The van der Waals surface area contributed by atoms with Crippen LogP contribution < -0.4 is 4.57 Å². The molecule has 0 aliphatic rings. The van der Waals surface area contributed by atoms with Gasteiger partial charge in [-0.1, -0.05) is 258 Å². The molecule has 0 radical (unpaired) electrons. The topological polar surface area (TPSA) is 8.81 Å². The third-order valence-electron chi connectivity index (χ3n) is 12.3. The van der Waals surface area contributed by atoms with Gasteiger partial charge in [0.15, 0.2) is 0 Å².